The van der Waals surface area contributed by atoms with E-state index in [1.54, 1.807) is 6.07 Å². The molecule has 0 atom stereocenters. The standard InChI is InChI=1S/C13H7Cl2F4N3S/c14-4-2-1-3-5(15)11(4)21-13(23)22-12-9(19)7(17)6(16)8(18)10(12)20/h1-3H,20H2,(H2,21,22,23). The van der Waals surface area contributed by atoms with Gasteiger partial charge in [-0.25, -0.2) is 17.6 Å². The summed E-state index contributed by atoms with van der Waals surface area (Å²) < 4.78 is 53.4. The number of nitrogen functional groups attached to an aromatic ring is 1. The highest BCUT2D eigenvalue weighted by Gasteiger charge is 2.24. The van der Waals surface area contributed by atoms with Crippen LogP contribution in [-0.2, 0) is 0 Å². The zero-order chi connectivity index (χ0) is 17.3. The van der Waals surface area contributed by atoms with Crippen LogP contribution in [-0.4, -0.2) is 5.11 Å². The van der Waals surface area contributed by atoms with E-state index in [0.29, 0.717) is 0 Å². The first-order valence-corrected chi connectivity index (χ1v) is 7.03. The van der Waals surface area contributed by atoms with Gasteiger partial charge in [0.05, 0.1) is 21.4 Å². The Labute approximate surface area is 143 Å². The third kappa shape index (κ3) is 3.44. The number of hydrogen-bond acceptors (Lipinski definition) is 2. The van der Waals surface area contributed by atoms with Gasteiger partial charge in [0, 0.05) is 0 Å². The summed E-state index contributed by atoms with van der Waals surface area (Å²) in [6.07, 6.45) is 0. The first-order chi connectivity index (χ1) is 10.7. The van der Waals surface area contributed by atoms with Gasteiger partial charge in [0.2, 0.25) is 0 Å². The molecule has 4 N–H and O–H groups in total. The van der Waals surface area contributed by atoms with Crippen LogP contribution < -0.4 is 16.4 Å². The minimum atomic E-state index is -2.02. The van der Waals surface area contributed by atoms with E-state index in [9.17, 15) is 17.6 Å². The Bertz CT molecular complexity index is 752. The number of anilines is 3. The van der Waals surface area contributed by atoms with Crippen LogP contribution in [0.4, 0.5) is 34.6 Å². The molecule has 0 unspecified atom stereocenters. The number of hydrogen-bond donors (Lipinski definition) is 3. The molecule has 2 aromatic rings. The molecule has 0 spiro atoms. The van der Waals surface area contributed by atoms with Gasteiger partial charge in [0.15, 0.2) is 28.4 Å². The Morgan fingerprint density at radius 2 is 1.35 bits per heavy atom. The van der Waals surface area contributed by atoms with Crippen LogP contribution in [0.25, 0.3) is 0 Å². The summed E-state index contributed by atoms with van der Waals surface area (Å²) >= 11 is 16.7. The first kappa shape index (κ1) is 17.6. The maximum atomic E-state index is 13.7. The monoisotopic (exact) mass is 383 g/mol. The second-order valence-corrected chi connectivity index (χ2v) is 5.44. The number of nitrogens with one attached hydrogen (secondary N) is 2. The Morgan fingerprint density at radius 3 is 1.91 bits per heavy atom. The van der Waals surface area contributed by atoms with E-state index in [-0.39, 0.29) is 20.8 Å². The summed E-state index contributed by atoms with van der Waals surface area (Å²) in [5.41, 5.74) is 3.61. The molecule has 0 amide bonds. The lowest BCUT2D eigenvalue weighted by atomic mass is 10.2. The van der Waals surface area contributed by atoms with Crippen molar-refractivity contribution in [1.82, 2.24) is 0 Å². The first-order valence-electron chi connectivity index (χ1n) is 5.87. The van der Waals surface area contributed by atoms with Gasteiger partial charge >= 0.3 is 0 Å². The fraction of sp³-hybridized carbons (Fsp3) is 0. The fourth-order valence-corrected chi connectivity index (χ4v) is 2.34. The molecule has 0 heterocycles. The maximum Gasteiger partial charge on any atom is 0.199 e. The molecule has 0 saturated carbocycles. The second-order valence-electron chi connectivity index (χ2n) is 4.22. The van der Waals surface area contributed by atoms with Gasteiger partial charge in [0.1, 0.15) is 5.69 Å². The zero-order valence-electron chi connectivity index (χ0n) is 11.0. The number of halogens is 6. The van der Waals surface area contributed by atoms with Crippen molar-refractivity contribution in [3.8, 4) is 0 Å². The van der Waals surface area contributed by atoms with Crippen molar-refractivity contribution >= 4 is 57.6 Å². The van der Waals surface area contributed by atoms with E-state index in [2.05, 4.69) is 10.6 Å². The molecule has 0 aliphatic rings. The lowest BCUT2D eigenvalue weighted by Gasteiger charge is -2.15. The number of nitrogens with two attached hydrogens (primary N) is 1. The van der Waals surface area contributed by atoms with Crippen LogP contribution in [0.15, 0.2) is 18.2 Å². The van der Waals surface area contributed by atoms with E-state index < -0.39 is 34.6 Å². The van der Waals surface area contributed by atoms with Gasteiger partial charge in [-0.1, -0.05) is 29.3 Å². The molecule has 3 nitrogen and oxygen atoms in total. The Kier molecular flexibility index (Phi) is 5.18. The van der Waals surface area contributed by atoms with Gasteiger partial charge in [-0.3, -0.25) is 0 Å². The lowest BCUT2D eigenvalue weighted by molar-refractivity contribution is 0.413. The summed E-state index contributed by atoms with van der Waals surface area (Å²) in [4.78, 5) is 0. The Morgan fingerprint density at radius 1 is 0.870 bits per heavy atom. The summed E-state index contributed by atoms with van der Waals surface area (Å²) in [5.74, 6) is -7.47. The van der Waals surface area contributed by atoms with E-state index >= 15 is 0 Å². The normalized spacial score (nSPS) is 10.5. The largest absolute Gasteiger partial charge is 0.394 e. The Balaban J connectivity index is 2.32. The van der Waals surface area contributed by atoms with Gasteiger partial charge < -0.3 is 16.4 Å². The summed E-state index contributed by atoms with van der Waals surface area (Å²) in [6, 6.07) is 4.59. The number of para-hydroxylation sites is 1. The quantitative estimate of drug-likeness (QED) is 0.226. The van der Waals surface area contributed by atoms with Gasteiger partial charge in [-0.2, -0.15) is 0 Å². The maximum absolute atomic E-state index is 13.7. The van der Waals surface area contributed by atoms with Crippen molar-refractivity contribution in [3.05, 3.63) is 51.5 Å². The predicted octanol–water partition coefficient (Wildman–Crippen LogP) is 4.94. The van der Waals surface area contributed by atoms with E-state index in [1.807, 2.05) is 0 Å². The minimum Gasteiger partial charge on any atom is -0.394 e. The molecule has 0 bridgehead atoms. The van der Waals surface area contributed by atoms with Crippen molar-refractivity contribution < 1.29 is 17.6 Å². The third-order valence-electron chi connectivity index (χ3n) is 2.74. The summed E-state index contributed by atoms with van der Waals surface area (Å²) in [5, 5.41) is 4.77. The number of rotatable bonds is 2. The predicted molar refractivity (Wildman–Crippen MR) is 87.0 cm³/mol. The van der Waals surface area contributed by atoms with Crippen LogP contribution in [0.5, 0.6) is 0 Å². The summed E-state index contributed by atoms with van der Waals surface area (Å²) in [6.45, 7) is 0. The molecule has 0 aromatic heterocycles. The average molecular weight is 384 g/mol. The van der Waals surface area contributed by atoms with Gasteiger partial charge in [-0.05, 0) is 24.4 Å². The van der Waals surface area contributed by atoms with Crippen molar-refractivity contribution in [2.45, 2.75) is 0 Å². The highest BCUT2D eigenvalue weighted by Crippen LogP contribution is 2.32. The fourth-order valence-electron chi connectivity index (χ4n) is 1.65. The molecule has 10 heteroatoms. The molecule has 0 aliphatic carbocycles. The number of thiocarbonyl (C=S) groups is 1. The smallest absolute Gasteiger partial charge is 0.199 e. The topological polar surface area (TPSA) is 50.1 Å². The molecule has 23 heavy (non-hydrogen) atoms. The molecule has 0 fully saturated rings. The molecule has 122 valence electrons. The van der Waals surface area contributed by atoms with Crippen LogP contribution in [0, 0.1) is 23.3 Å². The highest BCUT2D eigenvalue weighted by molar-refractivity contribution is 7.80. The summed E-state index contributed by atoms with van der Waals surface area (Å²) in [7, 11) is 0. The van der Waals surface area contributed by atoms with Crippen molar-refractivity contribution in [2.24, 2.45) is 0 Å². The van der Waals surface area contributed by atoms with Crippen LogP contribution >= 0.6 is 35.4 Å². The molecule has 0 aliphatic heterocycles. The van der Waals surface area contributed by atoms with E-state index in [1.165, 1.54) is 12.1 Å². The van der Waals surface area contributed by atoms with Gasteiger partial charge in [0.25, 0.3) is 0 Å². The lowest BCUT2D eigenvalue weighted by Crippen LogP contribution is -2.22. The van der Waals surface area contributed by atoms with Crippen LogP contribution in [0.1, 0.15) is 0 Å². The van der Waals surface area contributed by atoms with E-state index in [0.717, 1.165) is 0 Å². The zero-order valence-corrected chi connectivity index (χ0v) is 13.3. The highest BCUT2D eigenvalue weighted by atomic mass is 35.5. The molecule has 0 saturated heterocycles. The van der Waals surface area contributed by atoms with Crippen LogP contribution in [0.2, 0.25) is 10.0 Å². The van der Waals surface area contributed by atoms with Crippen LogP contribution in [0.3, 0.4) is 0 Å². The van der Waals surface area contributed by atoms with E-state index in [4.69, 9.17) is 41.2 Å². The van der Waals surface area contributed by atoms with Gasteiger partial charge in [-0.15, -0.1) is 0 Å². The number of benzene rings is 2. The molecule has 0 radical (unpaired) electrons. The molecule has 2 rings (SSSR count). The Hall–Kier alpha value is -1.77. The minimum absolute atomic E-state index is 0.190. The molecular formula is C13H7Cl2F4N3S. The SMILES string of the molecule is Nc1c(F)c(F)c(F)c(F)c1NC(=S)Nc1c(Cl)cccc1Cl. The van der Waals surface area contributed by atoms with Crippen molar-refractivity contribution in [1.29, 1.82) is 0 Å². The molecule has 2 aromatic carbocycles. The average Bonchev–Trinajstić information content (AvgIpc) is 2.51. The van der Waals surface area contributed by atoms with Crippen molar-refractivity contribution in [3.63, 3.8) is 0 Å². The molecular weight excluding hydrogens is 377 g/mol. The van der Waals surface area contributed by atoms with Crippen molar-refractivity contribution in [2.75, 3.05) is 16.4 Å². The third-order valence-corrected chi connectivity index (χ3v) is 3.58. The second kappa shape index (κ2) is 6.77.